The molecule has 0 aromatic heterocycles. The predicted octanol–water partition coefficient (Wildman–Crippen LogP) is 1.97. The fourth-order valence-electron chi connectivity index (χ4n) is 1.50. The van der Waals surface area contributed by atoms with Crippen LogP contribution in [-0.2, 0) is 4.79 Å². The summed E-state index contributed by atoms with van der Waals surface area (Å²) in [5, 5.41) is 0.211. The molecule has 2 nitrogen and oxygen atoms in total. The third kappa shape index (κ3) is 3.06. The van der Waals surface area contributed by atoms with E-state index in [9.17, 15) is 4.79 Å². The third-order valence-electron chi connectivity index (χ3n) is 2.25. The Kier molecular flexibility index (Phi) is 4.96. The SMILES string of the molecule is CCN(CCCl)C(=O)C1CCCS1. The number of carbonyl (C=O) groups excluding carboxylic acids is 1. The first-order chi connectivity index (χ1) is 6.29. The maximum absolute atomic E-state index is 11.8. The zero-order chi connectivity index (χ0) is 9.68. The Morgan fingerprint density at radius 3 is 2.92 bits per heavy atom. The molecule has 1 unspecified atom stereocenters. The molecule has 1 amide bonds. The highest BCUT2D eigenvalue weighted by Crippen LogP contribution is 2.27. The molecule has 76 valence electrons. The van der Waals surface area contributed by atoms with Crippen LogP contribution in [0.25, 0.3) is 0 Å². The van der Waals surface area contributed by atoms with Crippen LogP contribution in [0.2, 0.25) is 0 Å². The molecule has 0 aliphatic carbocycles. The monoisotopic (exact) mass is 221 g/mol. The van der Waals surface area contributed by atoms with E-state index in [0.29, 0.717) is 12.4 Å². The number of halogens is 1. The lowest BCUT2D eigenvalue weighted by molar-refractivity contribution is -0.130. The minimum atomic E-state index is 0.211. The van der Waals surface area contributed by atoms with Crippen LogP contribution in [0.1, 0.15) is 19.8 Å². The van der Waals surface area contributed by atoms with E-state index >= 15 is 0 Å². The van der Waals surface area contributed by atoms with Gasteiger partial charge in [0, 0.05) is 19.0 Å². The normalized spacial score (nSPS) is 21.8. The Hall–Kier alpha value is 0.110. The van der Waals surface area contributed by atoms with Crippen molar-refractivity contribution in [2.45, 2.75) is 25.0 Å². The van der Waals surface area contributed by atoms with E-state index in [2.05, 4.69) is 0 Å². The molecule has 1 fully saturated rings. The number of hydrogen-bond donors (Lipinski definition) is 0. The maximum Gasteiger partial charge on any atom is 0.235 e. The Bertz CT molecular complexity index is 171. The van der Waals surface area contributed by atoms with Crippen molar-refractivity contribution >= 4 is 29.3 Å². The Morgan fingerprint density at radius 2 is 2.46 bits per heavy atom. The smallest absolute Gasteiger partial charge is 0.235 e. The zero-order valence-electron chi connectivity index (χ0n) is 7.96. The molecule has 1 atom stereocenters. The van der Waals surface area contributed by atoms with Crippen LogP contribution in [0.15, 0.2) is 0 Å². The van der Waals surface area contributed by atoms with E-state index in [1.54, 1.807) is 11.8 Å². The lowest BCUT2D eigenvalue weighted by Crippen LogP contribution is -2.37. The molecule has 0 aromatic carbocycles. The second kappa shape index (κ2) is 5.76. The quantitative estimate of drug-likeness (QED) is 0.677. The number of thioether (sulfide) groups is 1. The number of alkyl halides is 1. The minimum Gasteiger partial charge on any atom is -0.341 e. The van der Waals surface area contributed by atoms with Crippen LogP contribution in [0.4, 0.5) is 0 Å². The molecule has 1 rings (SSSR count). The van der Waals surface area contributed by atoms with Gasteiger partial charge in [0.1, 0.15) is 0 Å². The predicted molar refractivity (Wildman–Crippen MR) is 58.5 cm³/mol. The molecule has 4 heteroatoms. The van der Waals surface area contributed by atoms with E-state index < -0.39 is 0 Å². The highest BCUT2D eigenvalue weighted by molar-refractivity contribution is 8.00. The van der Waals surface area contributed by atoms with Gasteiger partial charge < -0.3 is 4.90 Å². The standard InChI is InChI=1S/C9H16ClNOS/c1-2-11(6-5-10)9(12)8-4-3-7-13-8/h8H,2-7H2,1H3. The van der Waals surface area contributed by atoms with Crippen molar-refractivity contribution < 1.29 is 4.79 Å². The molecule has 13 heavy (non-hydrogen) atoms. The number of nitrogens with zero attached hydrogens (tertiary/aromatic N) is 1. The van der Waals surface area contributed by atoms with Gasteiger partial charge >= 0.3 is 0 Å². The summed E-state index contributed by atoms with van der Waals surface area (Å²) in [4.78, 5) is 13.7. The van der Waals surface area contributed by atoms with Gasteiger partial charge in [0.05, 0.1) is 5.25 Å². The molecule has 0 bridgehead atoms. The van der Waals surface area contributed by atoms with Crippen molar-refractivity contribution in [1.29, 1.82) is 0 Å². The summed E-state index contributed by atoms with van der Waals surface area (Å²) in [5.41, 5.74) is 0. The van der Waals surface area contributed by atoms with Gasteiger partial charge in [-0.15, -0.1) is 23.4 Å². The van der Waals surface area contributed by atoms with Crippen molar-refractivity contribution in [2.24, 2.45) is 0 Å². The lowest BCUT2D eigenvalue weighted by Gasteiger charge is -2.22. The van der Waals surface area contributed by atoms with Gasteiger partial charge in [-0.2, -0.15) is 0 Å². The zero-order valence-corrected chi connectivity index (χ0v) is 9.53. The molecule has 0 aromatic rings. The second-order valence-electron chi connectivity index (χ2n) is 3.11. The van der Waals surface area contributed by atoms with Crippen LogP contribution in [0, 0.1) is 0 Å². The topological polar surface area (TPSA) is 20.3 Å². The highest BCUT2D eigenvalue weighted by Gasteiger charge is 2.26. The van der Waals surface area contributed by atoms with Crippen molar-refractivity contribution in [2.75, 3.05) is 24.7 Å². The molecule has 1 aliphatic heterocycles. The van der Waals surface area contributed by atoms with E-state index in [-0.39, 0.29) is 11.2 Å². The average Bonchev–Trinajstić information content (AvgIpc) is 2.65. The van der Waals surface area contributed by atoms with E-state index in [1.807, 2.05) is 11.8 Å². The van der Waals surface area contributed by atoms with Crippen LogP contribution in [0.5, 0.6) is 0 Å². The summed E-state index contributed by atoms with van der Waals surface area (Å²) in [6.45, 7) is 3.47. The average molecular weight is 222 g/mol. The largest absolute Gasteiger partial charge is 0.341 e. The van der Waals surface area contributed by atoms with E-state index in [0.717, 1.165) is 18.7 Å². The lowest BCUT2D eigenvalue weighted by atomic mass is 10.2. The van der Waals surface area contributed by atoms with Gasteiger partial charge in [-0.05, 0) is 25.5 Å². The van der Waals surface area contributed by atoms with Crippen molar-refractivity contribution in [3.8, 4) is 0 Å². The summed E-state index contributed by atoms with van der Waals surface area (Å²) in [6.07, 6.45) is 2.22. The molecule has 1 saturated heterocycles. The molecule has 0 spiro atoms. The first-order valence-corrected chi connectivity index (χ1v) is 6.34. The van der Waals surface area contributed by atoms with Gasteiger partial charge in [0.2, 0.25) is 5.91 Å². The fraction of sp³-hybridized carbons (Fsp3) is 0.889. The molecular formula is C9H16ClNOS. The number of carbonyl (C=O) groups is 1. The first kappa shape index (κ1) is 11.2. The molecule has 0 saturated carbocycles. The van der Waals surface area contributed by atoms with Crippen molar-refractivity contribution in [1.82, 2.24) is 4.90 Å². The molecular weight excluding hydrogens is 206 g/mol. The van der Waals surface area contributed by atoms with E-state index in [1.165, 1.54) is 6.42 Å². The number of amides is 1. The summed E-state index contributed by atoms with van der Waals surface area (Å²) in [6, 6.07) is 0. The van der Waals surface area contributed by atoms with Crippen LogP contribution < -0.4 is 0 Å². The van der Waals surface area contributed by atoms with Gasteiger partial charge in [0.25, 0.3) is 0 Å². The van der Waals surface area contributed by atoms with E-state index in [4.69, 9.17) is 11.6 Å². The maximum atomic E-state index is 11.8. The van der Waals surface area contributed by atoms with Gasteiger partial charge in [-0.25, -0.2) is 0 Å². The van der Waals surface area contributed by atoms with Gasteiger partial charge in [-0.3, -0.25) is 4.79 Å². The molecule has 1 heterocycles. The summed E-state index contributed by atoms with van der Waals surface area (Å²) < 4.78 is 0. The second-order valence-corrected chi connectivity index (χ2v) is 4.80. The van der Waals surface area contributed by atoms with Gasteiger partial charge in [0.15, 0.2) is 0 Å². The fourth-order valence-corrected chi connectivity index (χ4v) is 2.95. The van der Waals surface area contributed by atoms with Crippen LogP contribution in [-0.4, -0.2) is 40.8 Å². The Balaban J connectivity index is 2.42. The molecule has 1 aliphatic rings. The Labute approximate surface area is 89.0 Å². The molecule has 0 N–H and O–H groups in total. The van der Waals surface area contributed by atoms with Crippen molar-refractivity contribution in [3.05, 3.63) is 0 Å². The molecule has 0 radical (unpaired) electrons. The summed E-state index contributed by atoms with van der Waals surface area (Å²) in [7, 11) is 0. The first-order valence-electron chi connectivity index (χ1n) is 4.76. The highest BCUT2D eigenvalue weighted by atomic mass is 35.5. The minimum absolute atomic E-state index is 0.211. The number of hydrogen-bond acceptors (Lipinski definition) is 2. The van der Waals surface area contributed by atoms with Gasteiger partial charge in [-0.1, -0.05) is 0 Å². The Morgan fingerprint density at radius 1 is 1.69 bits per heavy atom. The summed E-state index contributed by atoms with van der Waals surface area (Å²) >= 11 is 7.41. The van der Waals surface area contributed by atoms with Crippen LogP contribution >= 0.6 is 23.4 Å². The summed E-state index contributed by atoms with van der Waals surface area (Å²) in [5.74, 6) is 1.96. The number of rotatable bonds is 4. The third-order valence-corrected chi connectivity index (χ3v) is 3.79. The van der Waals surface area contributed by atoms with Crippen molar-refractivity contribution in [3.63, 3.8) is 0 Å². The van der Waals surface area contributed by atoms with Crippen LogP contribution in [0.3, 0.4) is 0 Å².